The average molecular weight is 230 g/mol. The van der Waals surface area contributed by atoms with Crippen LogP contribution >= 0.6 is 0 Å². The normalized spacial score (nSPS) is 13.8. The van der Waals surface area contributed by atoms with Crippen LogP contribution in [0.2, 0.25) is 0 Å². The molecule has 16 heavy (non-hydrogen) atoms. The van der Waals surface area contributed by atoms with Gasteiger partial charge in [0, 0.05) is 6.42 Å². The minimum Gasteiger partial charge on any atom is -0.171 e. The Morgan fingerprint density at radius 1 is 1.19 bits per heavy atom. The number of hydrogen-bond donors (Lipinski definition) is 0. The van der Waals surface area contributed by atoms with Crippen molar-refractivity contribution in [3.8, 4) is 0 Å². The van der Waals surface area contributed by atoms with E-state index in [-0.39, 0.29) is 12.3 Å². The fourth-order valence-electron chi connectivity index (χ4n) is 1.96. The lowest BCUT2D eigenvalue weighted by atomic mass is 9.89. The summed E-state index contributed by atoms with van der Waals surface area (Å²) in [6, 6.07) is 7.68. The van der Waals surface area contributed by atoms with Crippen LogP contribution in [0, 0.1) is 6.92 Å². The molecule has 0 radical (unpaired) electrons. The highest BCUT2D eigenvalue weighted by molar-refractivity contribution is 5.28. The molecule has 0 saturated heterocycles. The molecule has 3 heteroatoms. The lowest BCUT2D eigenvalue weighted by Crippen LogP contribution is -2.10. The lowest BCUT2D eigenvalue weighted by Gasteiger charge is -2.18. The maximum absolute atomic E-state index is 12.2. The number of benzene rings is 1. The fourth-order valence-corrected chi connectivity index (χ4v) is 1.96. The van der Waals surface area contributed by atoms with Crippen molar-refractivity contribution in [2.24, 2.45) is 0 Å². The summed E-state index contributed by atoms with van der Waals surface area (Å²) in [5.74, 6) is 0.0165. The third-order valence-corrected chi connectivity index (χ3v) is 2.90. The van der Waals surface area contributed by atoms with Crippen LogP contribution < -0.4 is 0 Å². The number of aryl methyl sites for hydroxylation is 1. The van der Waals surface area contributed by atoms with E-state index in [1.807, 2.05) is 38.1 Å². The van der Waals surface area contributed by atoms with Gasteiger partial charge in [0.1, 0.15) is 0 Å². The molecule has 0 spiro atoms. The van der Waals surface area contributed by atoms with Gasteiger partial charge >= 0.3 is 6.18 Å². The second-order valence-corrected chi connectivity index (χ2v) is 4.12. The summed E-state index contributed by atoms with van der Waals surface area (Å²) in [6.45, 7) is 3.89. The summed E-state index contributed by atoms with van der Waals surface area (Å²) in [4.78, 5) is 0. The van der Waals surface area contributed by atoms with Crippen molar-refractivity contribution in [2.45, 2.75) is 45.2 Å². The first-order valence-electron chi connectivity index (χ1n) is 5.56. The van der Waals surface area contributed by atoms with E-state index >= 15 is 0 Å². The Bertz CT molecular complexity index is 328. The molecule has 1 aromatic rings. The van der Waals surface area contributed by atoms with Crippen LogP contribution in [-0.2, 0) is 0 Å². The Balaban J connectivity index is 2.72. The average Bonchev–Trinajstić information content (AvgIpc) is 2.20. The maximum Gasteiger partial charge on any atom is 0.389 e. The predicted octanol–water partition coefficient (Wildman–Crippen LogP) is 4.83. The Kier molecular flexibility index (Phi) is 4.39. The molecule has 0 amide bonds. The third kappa shape index (κ3) is 3.87. The molecule has 0 bridgehead atoms. The Labute approximate surface area is 94.5 Å². The SMILES string of the molecule is CCC(CCC(F)(F)F)c1ccccc1C. The summed E-state index contributed by atoms with van der Waals surface area (Å²) in [5, 5.41) is 0. The zero-order chi connectivity index (χ0) is 12.2. The summed E-state index contributed by atoms with van der Waals surface area (Å²) >= 11 is 0. The molecule has 0 aliphatic heterocycles. The van der Waals surface area contributed by atoms with E-state index in [4.69, 9.17) is 0 Å². The van der Waals surface area contributed by atoms with Gasteiger partial charge in [-0.2, -0.15) is 13.2 Å². The van der Waals surface area contributed by atoms with Crippen molar-refractivity contribution in [3.05, 3.63) is 35.4 Å². The van der Waals surface area contributed by atoms with E-state index < -0.39 is 12.6 Å². The quantitative estimate of drug-likeness (QED) is 0.694. The molecule has 0 aliphatic carbocycles. The largest absolute Gasteiger partial charge is 0.389 e. The number of alkyl halides is 3. The lowest BCUT2D eigenvalue weighted by molar-refractivity contribution is -0.136. The van der Waals surface area contributed by atoms with Crippen LogP contribution in [0.25, 0.3) is 0 Å². The van der Waals surface area contributed by atoms with Crippen LogP contribution in [0.4, 0.5) is 13.2 Å². The molecule has 90 valence electrons. The van der Waals surface area contributed by atoms with E-state index in [2.05, 4.69) is 0 Å². The van der Waals surface area contributed by atoms with E-state index in [0.29, 0.717) is 0 Å². The topological polar surface area (TPSA) is 0 Å². The molecule has 1 aromatic carbocycles. The molecule has 0 saturated carbocycles. The summed E-state index contributed by atoms with van der Waals surface area (Å²) < 4.78 is 36.5. The number of halogens is 3. The highest BCUT2D eigenvalue weighted by atomic mass is 19.4. The Morgan fingerprint density at radius 2 is 1.81 bits per heavy atom. The van der Waals surface area contributed by atoms with Crippen molar-refractivity contribution in [3.63, 3.8) is 0 Å². The molecule has 0 fully saturated rings. The van der Waals surface area contributed by atoms with Crippen molar-refractivity contribution in [1.29, 1.82) is 0 Å². The zero-order valence-electron chi connectivity index (χ0n) is 9.64. The van der Waals surface area contributed by atoms with E-state index in [1.54, 1.807) is 0 Å². The molecule has 0 heterocycles. The van der Waals surface area contributed by atoms with E-state index in [0.717, 1.165) is 17.5 Å². The van der Waals surface area contributed by atoms with Gasteiger partial charge in [0.15, 0.2) is 0 Å². The van der Waals surface area contributed by atoms with Crippen LogP contribution in [0.5, 0.6) is 0 Å². The first kappa shape index (κ1) is 13.1. The van der Waals surface area contributed by atoms with Gasteiger partial charge in [-0.1, -0.05) is 31.2 Å². The van der Waals surface area contributed by atoms with Crippen LogP contribution in [0.3, 0.4) is 0 Å². The second-order valence-electron chi connectivity index (χ2n) is 4.12. The van der Waals surface area contributed by atoms with E-state index in [1.165, 1.54) is 0 Å². The summed E-state index contributed by atoms with van der Waals surface area (Å²) in [7, 11) is 0. The zero-order valence-corrected chi connectivity index (χ0v) is 9.64. The molecular formula is C13H17F3. The minimum atomic E-state index is -4.05. The standard InChI is InChI=1S/C13H17F3/c1-3-11(8-9-13(14,15)16)12-7-5-4-6-10(12)2/h4-7,11H,3,8-9H2,1-2H3. The maximum atomic E-state index is 12.2. The van der Waals surface area contributed by atoms with Gasteiger partial charge in [0.25, 0.3) is 0 Å². The minimum absolute atomic E-state index is 0.0165. The smallest absolute Gasteiger partial charge is 0.171 e. The number of rotatable bonds is 4. The van der Waals surface area contributed by atoms with Gasteiger partial charge in [-0.15, -0.1) is 0 Å². The summed E-state index contributed by atoms with van der Waals surface area (Å²) in [5.41, 5.74) is 2.13. The third-order valence-electron chi connectivity index (χ3n) is 2.90. The highest BCUT2D eigenvalue weighted by Crippen LogP contribution is 2.32. The van der Waals surface area contributed by atoms with Crippen molar-refractivity contribution >= 4 is 0 Å². The van der Waals surface area contributed by atoms with Gasteiger partial charge < -0.3 is 0 Å². The van der Waals surface area contributed by atoms with Gasteiger partial charge in [-0.25, -0.2) is 0 Å². The molecule has 0 nitrogen and oxygen atoms in total. The van der Waals surface area contributed by atoms with Gasteiger partial charge in [-0.3, -0.25) is 0 Å². The molecule has 0 aliphatic rings. The Morgan fingerprint density at radius 3 is 2.31 bits per heavy atom. The molecule has 0 aromatic heterocycles. The molecule has 1 rings (SSSR count). The second kappa shape index (κ2) is 5.37. The molecule has 1 unspecified atom stereocenters. The van der Waals surface area contributed by atoms with Gasteiger partial charge in [0.05, 0.1) is 0 Å². The fraction of sp³-hybridized carbons (Fsp3) is 0.538. The van der Waals surface area contributed by atoms with Crippen molar-refractivity contribution in [2.75, 3.05) is 0 Å². The van der Waals surface area contributed by atoms with Crippen LogP contribution in [0.1, 0.15) is 43.2 Å². The van der Waals surface area contributed by atoms with Gasteiger partial charge in [-0.05, 0) is 36.8 Å². The summed E-state index contributed by atoms with van der Waals surface area (Å²) in [6.07, 6.45) is -3.80. The van der Waals surface area contributed by atoms with Crippen LogP contribution in [-0.4, -0.2) is 6.18 Å². The first-order chi connectivity index (χ1) is 7.44. The molecular weight excluding hydrogens is 213 g/mol. The molecule has 1 atom stereocenters. The predicted molar refractivity (Wildman–Crippen MR) is 59.5 cm³/mol. The van der Waals surface area contributed by atoms with E-state index in [9.17, 15) is 13.2 Å². The highest BCUT2D eigenvalue weighted by Gasteiger charge is 2.28. The Hall–Kier alpha value is -0.990. The monoisotopic (exact) mass is 230 g/mol. The van der Waals surface area contributed by atoms with Gasteiger partial charge in [0.2, 0.25) is 0 Å². The van der Waals surface area contributed by atoms with Crippen LogP contribution in [0.15, 0.2) is 24.3 Å². The first-order valence-corrected chi connectivity index (χ1v) is 5.56. The number of hydrogen-bond acceptors (Lipinski definition) is 0. The van der Waals surface area contributed by atoms with Crippen molar-refractivity contribution in [1.82, 2.24) is 0 Å². The molecule has 0 N–H and O–H groups in total. The van der Waals surface area contributed by atoms with Crippen molar-refractivity contribution < 1.29 is 13.2 Å².